The summed E-state index contributed by atoms with van der Waals surface area (Å²) in [6, 6.07) is 8.82. The Bertz CT molecular complexity index is 985. The zero-order valence-electron chi connectivity index (χ0n) is 14.8. The Hall–Kier alpha value is -3.41. The fourth-order valence-corrected chi connectivity index (χ4v) is 3.01. The van der Waals surface area contributed by atoms with Gasteiger partial charge in [0.1, 0.15) is 5.75 Å². The summed E-state index contributed by atoms with van der Waals surface area (Å²) in [5.74, 6) is -0.405. The molecular weight excluding hydrogens is 330 g/mol. The van der Waals surface area contributed by atoms with Crippen molar-refractivity contribution in [2.45, 2.75) is 13.8 Å². The van der Waals surface area contributed by atoms with Crippen molar-refractivity contribution in [2.75, 3.05) is 12.8 Å². The summed E-state index contributed by atoms with van der Waals surface area (Å²) in [6.07, 6.45) is 3.27. The zero-order chi connectivity index (χ0) is 18.8. The highest BCUT2D eigenvalue weighted by Crippen LogP contribution is 2.37. The van der Waals surface area contributed by atoms with E-state index in [4.69, 9.17) is 10.5 Å². The van der Waals surface area contributed by atoms with E-state index in [2.05, 4.69) is 9.97 Å². The topological polar surface area (TPSA) is 98.3 Å². The fourth-order valence-electron chi connectivity index (χ4n) is 3.01. The van der Waals surface area contributed by atoms with E-state index >= 15 is 0 Å². The largest absolute Gasteiger partial charge is 0.496 e. The Kier molecular flexibility index (Phi) is 4.58. The quantitative estimate of drug-likeness (QED) is 0.745. The number of anilines is 1. The van der Waals surface area contributed by atoms with E-state index in [1.165, 1.54) is 6.07 Å². The van der Waals surface area contributed by atoms with Crippen LogP contribution in [0.15, 0.2) is 42.7 Å². The highest BCUT2D eigenvalue weighted by Gasteiger charge is 2.21. The first-order valence-corrected chi connectivity index (χ1v) is 8.02. The fraction of sp³-hybridized carbons (Fsp3) is 0.150. The molecule has 0 saturated carbocycles. The van der Waals surface area contributed by atoms with Crippen LogP contribution in [0, 0.1) is 13.8 Å². The predicted molar refractivity (Wildman–Crippen MR) is 100 cm³/mol. The number of carboxylic acids is 1. The van der Waals surface area contributed by atoms with Crippen LogP contribution in [0.25, 0.3) is 22.5 Å². The van der Waals surface area contributed by atoms with Gasteiger partial charge in [-0.05, 0) is 43.7 Å². The van der Waals surface area contributed by atoms with Crippen molar-refractivity contribution in [3.05, 3.63) is 59.4 Å². The lowest BCUT2D eigenvalue weighted by atomic mass is 9.95. The second-order valence-electron chi connectivity index (χ2n) is 5.94. The van der Waals surface area contributed by atoms with E-state index in [1.54, 1.807) is 31.6 Å². The molecule has 0 radical (unpaired) electrons. The predicted octanol–water partition coefficient (Wildman–Crippen LogP) is 3.72. The van der Waals surface area contributed by atoms with Crippen LogP contribution in [0.1, 0.15) is 21.5 Å². The minimum atomic E-state index is -1.10. The number of ether oxygens (including phenoxy) is 1. The Morgan fingerprint density at radius 1 is 1.15 bits per heavy atom. The average molecular weight is 349 g/mol. The van der Waals surface area contributed by atoms with Gasteiger partial charge in [0.05, 0.1) is 29.7 Å². The van der Waals surface area contributed by atoms with E-state index in [0.717, 1.165) is 22.3 Å². The SMILES string of the molecule is COc1ccc(C)c(-c2nc(-c3ccncc3)cc(C(=O)O)c2N)c1C. The summed E-state index contributed by atoms with van der Waals surface area (Å²) in [5.41, 5.74) is 10.6. The highest BCUT2D eigenvalue weighted by atomic mass is 16.5. The number of methoxy groups -OCH3 is 1. The summed E-state index contributed by atoms with van der Waals surface area (Å²) in [6.45, 7) is 3.84. The van der Waals surface area contributed by atoms with Gasteiger partial charge in [0.25, 0.3) is 0 Å². The van der Waals surface area contributed by atoms with Crippen molar-refractivity contribution in [3.8, 4) is 28.3 Å². The second kappa shape index (κ2) is 6.84. The maximum absolute atomic E-state index is 11.7. The molecular formula is C20H19N3O3. The first-order valence-electron chi connectivity index (χ1n) is 8.02. The van der Waals surface area contributed by atoms with Crippen molar-refractivity contribution in [2.24, 2.45) is 0 Å². The molecule has 132 valence electrons. The molecule has 3 rings (SSSR count). The summed E-state index contributed by atoms with van der Waals surface area (Å²) in [4.78, 5) is 20.4. The molecule has 0 bridgehead atoms. The molecule has 2 aromatic heterocycles. The lowest BCUT2D eigenvalue weighted by Crippen LogP contribution is -2.08. The zero-order valence-corrected chi connectivity index (χ0v) is 14.8. The average Bonchev–Trinajstić information content (AvgIpc) is 2.63. The van der Waals surface area contributed by atoms with Gasteiger partial charge in [-0.1, -0.05) is 6.07 Å². The Morgan fingerprint density at radius 3 is 2.46 bits per heavy atom. The number of carboxylic acid groups (broad SMARTS) is 1. The first-order chi connectivity index (χ1) is 12.4. The number of aryl methyl sites for hydroxylation is 1. The molecule has 0 saturated heterocycles. The Labute approximate surface area is 151 Å². The number of benzene rings is 1. The number of nitrogen functional groups attached to an aromatic ring is 1. The van der Waals surface area contributed by atoms with Crippen molar-refractivity contribution in [3.63, 3.8) is 0 Å². The first kappa shape index (κ1) is 17.4. The lowest BCUT2D eigenvalue weighted by Gasteiger charge is -2.17. The highest BCUT2D eigenvalue weighted by molar-refractivity contribution is 5.99. The van der Waals surface area contributed by atoms with Crippen LogP contribution in [0.4, 0.5) is 5.69 Å². The normalized spacial score (nSPS) is 10.6. The lowest BCUT2D eigenvalue weighted by molar-refractivity contribution is 0.0698. The molecule has 6 nitrogen and oxygen atoms in total. The van der Waals surface area contributed by atoms with Crippen molar-refractivity contribution in [1.82, 2.24) is 9.97 Å². The summed E-state index contributed by atoms with van der Waals surface area (Å²) >= 11 is 0. The molecule has 26 heavy (non-hydrogen) atoms. The molecule has 0 spiro atoms. The summed E-state index contributed by atoms with van der Waals surface area (Å²) < 4.78 is 5.40. The van der Waals surface area contributed by atoms with Crippen LogP contribution in [0.5, 0.6) is 5.75 Å². The van der Waals surface area contributed by atoms with Gasteiger partial charge in [0, 0.05) is 29.1 Å². The maximum Gasteiger partial charge on any atom is 0.337 e. The molecule has 1 aromatic carbocycles. The standard InChI is InChI=1S/C20H19N3O3/c1-11-4-5-16(26-3)12(2)17(11)19-18(21)14(20(24)25)10-15(23-19)13-6-8-22-9-7-13/h4-10H,21H2,1-3H3,(H,24,25). The van der Waals surface area contributed by atoms with Crippen molar-refractivity contribution >= 4 is 11.7 Å². The van der Waals surface area contributed by atoms with E-state index in [0.29, 0.717) is 17.1 Å². The number of hydrogen-bond donors (Lipinski definition) is 2. The molecule has 3 N–H and O–H groups in total. The minimum absolute atomic E-state index is 0.0171. The number of pyridine rings is 2. The molecule has 2 heterocycles. The van der Waals surface area contributed by atoms with Crippen LogP contribution in [-0.2, 0) is 0 Å². The van der Waals surface area contributed by atoms with Crippen LogP contribution in [0.2, 0.25) is 0 Å². The van der Waals surface area contributed by atoms with Crippen LogP contribution in [0.3, 0.4) is 0 Å². The molecule has 0 aliphatic carbocycles. The maximum atomic E-state index is 11.7. The molecule has 0 amide bonds. The van der Waals surface area contributed by atoms with Gasteiger partial charge in [-0.25, -0.2) is 9.78 Å². The third-order valence-electron chi connectivity index (χ3n) is 4.35. The monoisotopic (exact) mass is 349 g/mol. The van der Waals surface area contributed by atoms with Crippen LogP contribution >= 0.6 is 0 Å². The minimum Gasteiger partial charge on any atom is -0.496 e. The number of hydrogen-bond acceptors (Lipinski definition) is 5. The number of carbonyl (C=O) groups is 1. The Morgan fingerprint density at radius 2 is 1.85 bits per heavy atom. The van der Waals surface area contributed by atoms with Crippen molar-refractivity contribution < 1.29 is 14.6 Å². The van der Waals surface area contributed by atoms with Gasteiger partial charge < -0.3 is 15.6 Å². The third-order valence-corrected chi connectivity index (χ3v) is 4.35. The number of rotatable bonds is 4. The number of nitrogens with zero attached hydrogens (tertiary/aromatic N) is 2. The Balaban J connectivity index is 2.35. The molecule has 0 unspecified atom stereocenters. The summed E-state index contributed by atoms with van der Waals surface area (Å²) in [5, 5.41) is 9.60. The molecule has 0 aliphatic heterocycles. The smallest absolute Gasteiger partial charge is 0.337 e. The van der Waals surface area contributed by atoms with Crippen molar-refractivity contribution in [1.29, 1.82) is 0 Å². The van der Waals surface area contributed by atoms with E-state index < -0.39 is 5.97 Å². The van der Waals surface area contributed by atoms with Gasteiger partial charge in [0.2, 0.25) is 0 Å². The molecule has 0 aliphatic rings. The molecule has 3 aromatic rings. The van der Waals surface area contributed by atoms with E-state index in [1.807, 2.05) is 26.0 Å². The van der Waals surface area contributed by atoms with Gasteiger partial charge in [0.15, 0.2) is 0 Å². The summed E-state index contributed by atoms with van der Waals surface area (Å²) in [7, 11) is 1.59. The van der Waals surface area contributed by atoms with Crippen LogP contribution in [-0.4, -0.2) is 28.2 Å². The van der Waals surface area contributed by atoms with Gasteiger partial charge >= 0.3 is 5.97 Å². The third kappa shape index (κ3) is 2.97. The van der Waals surface area contributed by atoms with Gasteiger partial charge in [-0.3, -0.25) is 4.98 Å². The second-order valence-corrected chi connectivity index (χ2v) is 5.94. The number of nitrogens with two attached hydrogens (primary N) is 1. The molecule has 0 atom stereocenters. The molecule has 6 heteroatoms. The number of aromatic carboxylic acids is 1. The van der Waals surface area contributed by atoms with E-state index in [9.17, 15) is 9.90 Å². The number of aromatic nitrogens is 2. The van der Waals surface area contributed by atoms with Gasteiger partial charge in [-0.2, -0.15) is 0 Å². The van der Waals surface area contributed by atoms with Gasteiger partial charge in [-0.15, -0.1) is 0 Å². The molecule has 0 fully saturated rings. The van der Waals surface area contributed by atoms with E-state index in [-0.39, 0.29) is 11.3 Å². The van der Waals surface area contributed by atoms with Crippen LogP contribution < -0.4 is 10.5 Å².